The van der Waals surface area contributed by atoms with Crippen LogP contribution in [0, 0.1) is 50.2 Å². The summed E-state index contributed by atoms with van der Waals surface area (Å²) in [6, 6.07) is 0. The summed E-state index contributed by atoms with van der Waals surface area (Å²) in [6.07, 6.45) is -12.2. The SMILES string of the molecule is CC1(C)[C@@H](O[C@@H]2O[C@@H](C(=O)O)[C@H](O)[C@@H](O)[C@@H]2O[C@H]2O[C@@H](C(=O)O)[C@H](O)[C@@H](O)[C@@H]2O)CC[C@@]2(C)[C@H]3C(=O)C=C4[C@H]5C[C@@](C)(C(=O)O)CC[C@]5(C)CC[C@@]4(C)[C@]3(C)CC[C@@H]12. The zero-order chi connectivity index (χ0) is 42.9. The normalized spacial score (nSPS) is 52.6. The highest BCUT2D eigenvalue weighted by Crippen LogP contribution is 2.75. The van der Waals surface area contributed by atoms with E-state index < -0.39 is 107 Å². The molecule has 6 fully saturated rings. The first-order chi connectivity index (χ1) is 26.8. The van der Waals surface area contributed by atoms with Gasteiger partial charge in [-0.1, -0.05) is 47.1 Å². The van der Waals surface area contributed by atoms with Crippen molar-refractivity contribution < 1.29 is 79.0 Å². The molecule has 0 amide bonds. The molecule has 326 valence electrons. The number of rotatable bonds is 7. The van der Waals surface area contributed by atoms with Crippen molar-refractivity contribution in [2.24, 2.45) is 50.2 Å². The number of allylic oxidation sites excluding steroid dienone is 2. The molecule has 0 spiro atoms. The Morgan fingerprint density at radius 1 is 0.690 bits per heavy atom. The summed E-state index contributed by atoms with van der Waals surface area (Å²) < 4.78 is 23.4. The number of hydrogen-bond donors (Lipinski definition) is 8. The lowest BCUT2D eigenvalue weighted by molar-refractivity contribution is -0.371. The molecule has 0 aromatic rings. The van der Waals surface area contributed by atoms with Crippen LogP contribution in [0.3, 0.4) is 0 Å². The van der Waals surface area contributed by atoms with Crippen LogP contribution in [0.1, 0.15) is 106 Å². The predicted molar refractivity (Wildman–Crippen MR) is 199 cm³/mol. The highest BCUT2D eigenvalue weighted by Gasteiger charge is 2.71. The third-order valence-electron chi connectivity index (χ3n) is 17.2. The van der Waals surface area contributed by atoms with Gasteiger partial charge in [0.2, 0.25) is 0 Å². The second-order valence-electron chi connectivity index (χ2n) is 20.6. The molecule has 2 aliphatic heterocycles. The number of carbonyl (C=O) groups is 4. The Morgan fingerprint density at radius 3 is 1.88 bits per heavy atom. The van der Waals surface area contributed by atoms with Gasteiger partial charge in [0.25, 0.3) is 0 Å². The van der Waals surface area contributed by atoms with Gasteiger partial charge in [-0.3, -0.25) is 9.59 Å². The first kappa shape index (κ1) is 43.5. The Bertz CT molecular complexity index is 1730. The van der Waals surface area contributed by atoms with Crippen LogP contribution in [0.2, 0.25) is 0 Å². The van der Waals surface area contributed by atoms with E-state index in [1.165, 1.54) is 0 Å². The maximum Gasteiger partial charge on any atom is 0.335 e. The van der Waals surface area contributed by atoms with Gasteiger partial charge in [0.1, 0.15) is 36.6 Å². The zero-order valence-corrected chi connectivity index (χ0v) is 34.4. The summed E-state index contributed by atoms with van der Waals surface area (Å²) in [5.41, 5.74) is -1.81. The van der Waals surface area contributed by atoms with Gasteiger partial charge in [0.15, 0.2) is 30.6 Å². The van der Waals surface area contributed by atoms with E-state index in [0.29, 0.717) is 25.7 Å². The number of carboxylic acids is 3. The highest BCUT2D eigenvalue weighted by atomic mass is 16.8. The van der Waals surface area contributed by atoms with Gasteiger partial charge in [-0.25, -0.2) is 9.59 Å². The number of fused-ring (bicyclic) bond motifs is 7. The van der Waals surface area contributed by atoms with E-state index in [0.717, 1.165) is 37.7 Å². The summed E-state index contributed by atoms with van der Waals surface area (Å²) >= 11 is 0. The first-order valence-corrected chi connectivity index (χ1v) is 20.7. The van der Waals surface area contributed by atoms with Gasteiger partial charge >= 0.3 is 17.9 Å². The van der Waals surface area contributed by atoms with E-state index in [9.17, 15) is 60.0 Å². The quantitative estimate of drug-likeness (QED) is 0.171. The van der Waals surface area contributed by atoms with Crippen molar-refractivity contribution in [3.63, 3.8) is 0 Å². The summed E-state index contributed by atoms with van der Waals surface area (Å²) in [4.78, 5) is 51.3. The van der Waals surface area contributed by atoms with E-state index in [-0.39, 0.29) is 34.4 Å². The third-order valence-corrected chi connectivity index (χ3v) is 17.2. The highest BCUT2D eigenvalue weighted by molar-refractivity contribution is 5.95. The molecule has 4 saturated carbocycles. The van der Waals surface area contributed by atoms with Gasteiger partial charge in [-0.2, -0.15) is 0 Å². The van der Waals surface area contributed by atoms with Crippen molar-refractivity contribution in [2.75, 3.05) is 0 Å². The average molecular weight is 823 g/mol. The molecule has 0 aromatic carbocycles. The zero-order valence-electron chi connectivity index (χ0n) is 34.4. The van der Waals surface area contributed by atoms with E-state index in [1.807, 2.05) is 26.8 Å². The van der Waals surface area contributed by atoms with E-state index in [1.54, 1.807) is 0 Å². The Hall–Kier alpha value is -2.54. The molecule has 0 aromatic heterocycles. The van der Waals surface area contributed by atoms with Crippen molar-refractivity contribution in [2.45, 2.75) is 174 Å². The number of aliphatic hydroxyl groups is 5. The topological polar surface area (TPSA) is 267 Å². The van der Waals surface area contributed by atoms with Crippen molar-refractivity contribution in [3.05, 3.63) is 11.6 Å². The fourth-order valence-electron chi connectivity index (χ4n) is 13.4. The number of aliphatic carboxylic acids is 3. The molecule has 0 unspecified atom stereocenters. The number of aliphatic hydroxyl groups excluding tert-OH is 5. The van der Waals surface area contributed by atoms with Crippen LogP contribution in [-0.4, -0.2) is 132 Å². The molecule has 16 nitrogen and oxygen atoms in total. The van der Waals surface area contributed by atoms with Crippen LogP contribution < -0.4 is 0 Å². The van der Waals surface area contributed by atoms with Gasteiger partial charge in [-0.05, 0) is 110 Å². The minimum absolute atomic E-state index is 0.0217. The number of ketones is 1. The number of ether oxygens (including phenoxy) is 4. The molecular weight excluding hydrogens is 760 g/mol. The van der Waals surface area contributed by atoms with Gasteiger partial charge in [-0.15, -0.1) is 0 Å². The van der Waals surface area contributed by atoms with Crippen LogP contribution in [0.4, 0.5) is 0 Å². The maximum atomic E-state index is 14.8. The van der Waals surface area contributed by atoms with Crippen LogP contribution in [0.5, 0.6) is 0 Å². The lowest BCUT2D eigenvalue weighted by Gasteiger charge is -2.70. The summed E-state index contributed by atoms with van der Waals surface area (Å²) in [5, 5.41) is 83.0. The van der Waals surface area contributed by atoms with Crippen LogP contribution >= 0.6 is 0 Å². The fourth-order valence-corrected chi connectivity index (χ4v) is 13.4. The largest absolute Gasteiger partial charge is 0.481 e. The molecule has 7 aliphatic rings. The molecule has 7 rings (SSSR count). The molecule has 16 heteroatoms. The molecule has 0 radical (unpaired) electrons. The third kappa shape index (κ3) is 6.25. The van der Waals surface area contributed by atoms with Crippen LogP contribution in [0.25, 0.3) is 0 Å². The lowest BCUT2D eigenvalue weighted by Crippen LogP contribution is -2.68. The number of carbonyl (C=O) groups excluding carboxylic acids is 1. The molecule has 0 bridgehead atoms. The van der Waals surface area contributed by atoms with Crippen molar-refractivity contribution in [1.29, 1.82) is 0 Å². The number of hydrogen-bond acceptors (Lipinski definition) is 13. The van der Waals surface area contributed by atoms with Gasteiger partial charge < -0.3 is 59.8 Å². The van der Waals surface area contributed by atoms with Crippen LogP contribution in [-0.2, 0) is 38.1 Å². The Kier molecular flexibility index (Phi) is 10.7. The standard InChI is InChI=1S/C42H62O16/c1-37(2)21-8-11-42(7)31(20(43)16-18-19-17-39(4,36(53)54)13-12-38(19,3)14-15-41(18,42)6)40(21,5)10-9-22(37)55-35-30(26(47)25(46)29(57-35)33(51)52)58-34-27(48)23(44)24(45)28(56-34)32(49)50/h16,19,21-31,34-35,44-48H,8-15,17H2,1-7H3,(H,49,50)(H,51,52)(H,53,54)/t19-,21+,22+,23-,24-,25-,26-,27+,28-,29-,30+,31-,34-,35-,38-,39+,40-,41-,42-/m1/s1. The monoisotopic (exact) mass is 822 g/mol. The Labute approximate surface area is 337 Å². The molecule has 5 aliphatic carbocycles. The summed E-state index contributed by atoms with van der Waals surface area (Å²) in [5.74, 6) is -4.47. The first-order valence-electron chi connectivity index (χ1n) is 20.7. The van der Waals surface area contributed by atoms with E-state index in [4.69, 9.17) is 18.9 Å². The van der Waals surface area contributed by atoms with Gasteiger partial charge in [0, 0.05) is 5.92 Å². The Morgan fingerprint density at radius 2 is 1.28 bits per heavy atom. The van der Waals surface area contributed by atoms with E-state index >= 15 is 0 Å². The summed E-state index contributed by atoms with van der Waals surface area (Å²) in [7, 11) is 0. The predicted octanol–water partition coefficient (Wildman–Crippen LogP) is 2.25. The smallest absolute Gasteiger partial charge is 0.335 e. The van der Waals surface area contributed by atoms with Crippen LogP contribution in [0.15, 0.2) is 11.6 Å². The average Bonchev–Trinajstić information content (AvgIpc) is 3.13. The van der Waals surface area contributed by atoms with Crippen molar-refractivity contribution in [3.8, 4) is 0 Å². The molecule has 58 heavy (non-hydrogen) atoms. The fraction of sp³-hybridized carbons (Fsp3) is 0.857. The minimum Gasteiger partial charge on any atom is -0.481 e. The number of carboxylic acid groups (broad SMARTS) is 3. The molecule has 8 N–H and O–H groups in total. The molecule has 2 heterocycles. The molecule has 2 saturated heterocycles. The lowest BCUT2D eigenvalue weighted by atomic mass is 9.33. The van der Waals surface area contributed by atoms with Gasteiger partial charge in [0.05, 0.1) is 11.5 Å². The van der Waals surface area contributed by atoms with Crippen molar-refractivity contribution in [1.82, 2.24) is 0 Å². The molecule has 19 atom stereocenters. The molecular formula is C42H62O16. The minimum atomic E-state index is -2.05. The Balaban J connectivity index is 1.17. The summed E-state index contributed by atoms with van der Waals surface area (Å²) in [6.45, 7) is 14.8. The second kappa shape index (κ2) is 14.3. The maximum absolute atomic E-state index is 14.8. The second-order valence-corrected chi connectivity index (χ2v) is 20.6. The van der Waals surface area contributed by atoms with E-state index in [2.05, 4.69) is 27.7 Å². The van der Waals surface area contributed by atoms with Crippen molar-refractivity contribution >= 4 is 23.7 Å².